The van der Waals surface area contributed by atoms with Gasteiger partial charge in [-0.15, -0.1) is 11.3 Å². The molecule has 0 saturated heterocycles. The molecule has 1 unspecified atom stereocenters. The van der Waals surface area contributed by atoms with Gasteiger partial charge in [0.15, 0.2) is 0 Å². The van der Waals surface area contributed by atoms with Crippen LogP contribution in [0, 0.1) is 6.92 Å². The van der Waals surface area contributed by atoms with Crippen molar-refractivity contribution in [1.29, 1.82) is 0 Å². The normalized spacial score (nSPS) is 14.9. The second-order valence-corrected chi connectivity index (χ2v) is 10.7. The van der Waals surface area contributed by atoms with E-state index in [9.17, 15) is 9.59 Å². The van der Waals surface area contributed by atoms with Crippen LogP contribution in [0.4, 0.5) is 0 Å². The molecule has 6 nitrogen and oxygen atoms in total. The SMILES string of the molecule is COCCN(CC(=O)N1CCc2sccc2C1COc1ccc(C(C)C)cc1)C(=O)c1ccccc1C. The van der Waals surface area contributed by atoms with Crippen LogP contribution in [0.3, 0.4) is 0 Å². The third-order valence-electron chi connectivity index (χ3n) is 6.92. The van der Waals surface area contributed by atoms with Crippen LogP contribution in [0.2, 0.25) is 0 Å². The van der Waals surface area contributed by atoms with E-state index in [1.54, 1.807) is 23.3 Å². The van der Waals surface area contributed by atoms with Crippen LogP contribution in [0.25, 0.3) is 0 Å². The van der Waals surface area contributed by atoms with Crippen LogP contribution in [0.5, 0.6) is 5.75 Å². The Morgan fingerprint density at radius 3 is 2.57 bits per heavy atom. The van der Waals surface area contributed by atoms with E-state index >= 15 is 0 Å². The number of rotatable bonds is 10. The van der Waals surface area contributed by atoms with E-state index in [4.69, 9.17) is 9.47 Å². The van der Waals surface area contributed by atoms with Gasteiger partial charge >= 0.3 is 0 Å². The number of carbonyl (C=O) groups excluding carboxylic acids is 2. The van der Waals surface area contributed by atoms with Crippen molar-refractivity contribution in [2.45, 2.75) is 39.2 Å². The second-order valence-electron chi connectivity index (χ2n) is 9.72. The maximum atomic E-state index is 13.7. The molecular formula is C30H36N2O4S. The number of hydrogen-bond donors (Lipinski definition) is 0. The van der Waals surface area contributed by atoms with Crippen molar-refractivity contribution in [1.82, 2.24) is 9.80 Å². The van der Waals surface area contributed by atoms with Crippen molar-refractivity contribution >= 4 is 23.2 Å². The molecule has 0 saturated carbocycles. The molecule has 196 valence electrons. The number of amides is 2. The van der Waals surface area contributed by atoms with Gasteiger partial charge in [-0.3, -0.25) is 9.59 Å². The number of fused-ring (bicyclic) bond motifs is 1. The highest BCUT2D eigenvalue weighted by molar-refractivity contribution is 7.10. The highest BCUT2D eigenvalue weighted by Crippen LogP contribution is 2.34. The number of nitrogens with zero attached hydrogens (tertiary/aromatic N) is 2. The van der Waals surface area contributed by atoms with Crippen LogP contribution in [0.15, 0.2) is 60.0 Å². The lowest BCUT2D eigenvalue weighted by Crippen LogP contribution is -2.48. The monoisotopic (exact) mass is 520 g/mol. The minimum atomic E-state index is -0.204. The first-order valence-electron chi connectivity index (χ1n) is 12.8. The van der Waals surface area contributed by atoms with Gasteiger partial charge < -0.3 is 19.3 Å². The Balaban J connectivity index is 1.51. The number of aryl methyl sites for hydroxylation is 1. The van der Waals surface area contributed by atoms with Gasteiger partial charge in [0.25, 0.3) is 5.91 Å². The Labute approximate surface area is 223 Å². The zero-order chi connectivity index (χ0) is 26.4. The summed E-state index contributed by atoms with van der Waals surface area (Å²) in [6, 6.07) is 17.5. The number of carbonyl (C=O) groups is 2. The van der Waals surface area contributed by atoms with E-state index in [1.165, 1.54) is 10.4 Å². The van der Waals surface area contributed by atoms with Gasteiger partial charge in [0.1, 0.15) is 18.9 Å². The second kappa shape index (κ2) is 12.4. The lowest BCUT2D eigenvalue weighted by Gasteiger charge is -2.37. The quantitative estimate of drug-likeness (QED) is 0.356. The first-order chi connectivity index (χ1) is 17.9. The predicted octanol–water partition coefficient (Wildman–Crippen LogP) is 5.47. The van der Waals surface area contributed by atoms with Crippen LogP contribution in [-0.4, -0.2) is 61.6 Å². The standard InChI is InChI=1S/C30H36N2O4S/c1-21(2)23-9-11-24(12-10-23)36-20-27-26-14-18-37-28(26)13-15-32(27)29(33)19-31(16-17-35-4)30(34)25-8-6-5-7-22(25)3/h5-12,14,18,21,27H,13,15-17,19-20H2,1-4H3. The summed E-state index contributed by atoms with van der Waals surface area (Å²) in [7, 11) is 1.60. The van der Waals surface area contributed by atoms with E-state index in [0.717, 1.165) is 23.3 Å². The molecule has 0 N–H and O–H groups in total. The van der Waals surface area contributed by atoms with Crippen molar-refractivity contribution in [3.8, 4) is 5.75 Å². The van der Waals surface area contributed by atoms with E-state index in [1.807, 2.05) is 48.2 Å². The van der Waals surface area contributed by atoms with E-state index < -0.39 is 0 Å². The van der Waals surface area contributed by atoms with Crippen LogP contribution in [0.1, 0.15) is 57.7 Å². The number of methoxy groups -OCH3 is 1. The van der Waals surface area contributed by atoms with Gasteiger partial charge in [0, 0.05) is 30.6 Å². The van der Waals surface area contributed by atoms with Gasteiger partial charge in [-0.05, 0) is 65.6 Å². The molecule has 2 heterocycles. The summed E-state index contributed by atoms with van der Waals surface area (Å²) in [5.74, 6) is 1.00. The van der Waals surface area contributed by atoms with Crippen molar-refractivity contribution in [2.24, 2.45) is 0 Å². The van der Waals surface area contributed by atoms with E-state index in [2.05, 4.69) is 37.4 Å². The van der Waals surface area contributed by atoms with Crippen molar-refractivity contribution < 1.29 is 19.1 Å². The molecule has 2 amide bonds. The molecule has 1 atom stereocenters. The molecular weight excluding hydrogens is 484 g/mol. The number of hydrogen-bond acceptors (Lipinski definition) is 5. The number of thiophene rings is 1. The zero-order valence-corrected chi connectivity index (χ0v) is 22.9. The van der Waals surface area contributed by atoms with Gasteiger partial charge in [-0.25, -0.2) is 0 Å². The lowest BCUT2D eigenvalue weighted by atomic mass is 10.00. The fraction of sp³-hybridized carbons (Fsp3) is 0.400. The molecule has 1 aliphatic rings. The fourth-order valence-electron chi connectivity index (χ4n) is 4.69. The Morgan fingerprint density at radius 2 is 1.86 bits per heavy atom. The minimum Gasteiger partial charge on any atom is -0.491 e. The highest BCUT2D eigenvalue weighted by Gasteiger charge is 2.33. The summed E-state index contributed by atoms with van der Waals surface area (Å²) < 4.78 is 11.4. The molecule has 37 heavy (non-hydrogen) atoms. The molecule has 4 rings (SSSR count). The molecule has 7 heteroatoms. The topological polar surface area (TPSA) is 59.1 Å². The van der Waals surface area contributed by atoms with Crippen LogP contribution < -0.4 is 4.74 Å². The van der Waals surface area contributed by atoms with Gasteiger partial charge in [-0.1, -0.05) is 44.2 Å². The largest absolute Gasteiger partial charge is 0.491 e. The first kappa shape index (κ1) is 26.9. The lowest BCUT2D eigenvalue weighted by molar-refractivity contribution is -0.135. The molecule has 1 aromatic heterocycles. The third kappa shape index (κ3) is 6.40. The predicted molar refractivity (Wildman–Crippen MR) is 147 cm³/mol. The highest BCUT2D eigenvalue weighted by atomic mass is 32.1. The van der Waals surface area contributed by atoms with Crippen LogP contribution >= 0.6 is 11.3 Å². The molecule has 0 radical (unpaired) electrons. The third-order valence-corrected chi connectivity index (χ3v) is 7.92. The zero-order valence-electron chi connectivity index (χ0n) is 22.1. The van der Waals surface area contributed by atoms with E-state index in [-0.39, 0.29) is 24.4 Å². The Hall–Kier alpha value is -3.16. The van der Waals surface area contributed by atoms with E-state index in [0.29, 0.717) is 37.8 Å². The van der Waals surface area contributed by atoms with Gasteiger partial charge in [0.2, 0.25) is 5.91 Å². The Kier molecular flexibility index (Phi) is 9.00. The molecule has 1 aliphatic heterocycles. The summed E-state index contributed by atoms with van der Waals surface area (Å²) in [6.07, 6.45) is 0.808. The molecule has 0 fully saturated rings. The summed E-state index contributed by atoms with van der Waals surface area (Å²) in [5.41, 5.74) is 3.89. The summed E-state index contributed by atoms with van der Waals surface area (Å²) >= 11 is 1.72. The average molecular weight is 521 g/mol. The molecule has 0 aliphatic carbocycles. The molecule has 0 bridgehead atoms. The molecule has 2 aromatic carbocycles. The summed E-state index contributed by atoms with van der Waals surface area (Å²) in [6.45, 7) is 7.90. The van der Waals surface area contributed by atoms with Crippen molar-refractivity contribution in [3.05, 3.63) is 87.1 Å². The van der Waals surface area contributed by atoms with Crippen molar-refractivity contribution in [2.75, 3.05) is 40.0 Å². The van der Waals surface area contributed by atoms with Crippen molar-refractivity contribution in [3.63, 3.8) is 0 Å². The number of benzene rings is 2. The smallest absolute Gasteiger partial charge is 0.254 e. The maximum absolute atomic E-state index is 13.7. The summed E-state index contributed by atoms with van der Waals surface area (Å²) in [5, 5.41) is 2.08. The van der Waals surface area contributed by atoms with Gasteiger partial charge in [0.05, 0.1) is 12.6 Å². The number of ether oxygens (including phenoxy) is 2. The maximum Gasteiger partial charge on any atom is 0.254 e. The van der Waals surface area contributed by atoms with Gasteiger partial charge in [-0.2, -0.15) is 0 Å². The first-order valence-corrected chi connectivity index (χ1v) is 13.7. The molecule has 3 aromatic rings. The minimum absolute atomic E-state index is 0.00438. The molecule has 0 spiro atoms. The Morgan fingerprint density at radius 1 is 1.11 bits per heavy atom. The van der Waals surface area contributed by atoms with Crippen LogP contribution in [-0.2, 0) is 16.0 Å². The average Bonchev–Trinajstić information content (AvgIpc) is 3.39. The fourth-order valence-corrected chi connectivity index (χ4v) is 5.62. The summed E-state index contributed by atoms with van der Waals surface area (Å²) in [4.78, 5) is 31.9. The Bertz CT molecular complexity index is 1200.